The molecule has 1 heterocycles. The highest BCUT2D eigenvalue weighted by molar-refractivity contribution is 5.99. The average molecular weight is 419 g/mol. The lowest BCUT2D eigenvalue weighted by atomic mass is 9.98. The Morgan fingerprint density at radius 1 is 1.23 bits per heavy atom. The van der Waals surface area contributed by atoms with Crippen molar-refractivity contribution in [3.63, 3.8) is 0 Å². The van der Waals surface area contributed by atoms with Crippen molar-refractivity contribution in [3.8, 4) is 0 Å². The largest absolute Gasteiger partial charge is 0.355 e. The summed E-state index contributed by atoms with van der Waals surface area (Å²) in [4.78, 5) is 24.0. The van der Waals surface area contributed by atoms with Crippen LogP contribution in [0.15, 0.2) is 66.3 Å². The summed E-state index contributed by atoms with van der Waals surface area (Å²) < 4.78 is 0. The number of nitrogens with one attached hydrogen (secondary N) is 2. The van der Waals surface area contributed by atoms with Gasteiger partial charge in [0.15, 0.2) is 0 Å². The van der Waals surface area contributed by atoms with Crippen LogP contribution in [0.25, 0.3) is 5.70 Å². The quantitative estimate of drug-likeness (QED) is 0.404. The van der Waals surface area contributed by atoms with Gasteiger partial charge in [-0.3, -0.25) is 9.59 Å². The number of benzene rings is 2. The first-order valence-corrected chi connectivity index (χ1v) is 10.7. The molecule has 2 amide bonds. The monoisotopic (exact) mass is 418 g/mol. The summed E-state index contributed by atoms with van der Waals surface area (Å²) in [7, 11) is 0. The molecule has 1 aliphatic heterocycles. The molecule has 2 N–H and O–H groups in total. The molecule has 6 heteroatoms. The van der Waals surface area contributed by atoms with E-state index < -0.39 is 0 Å². The van der Waals surface area contributed by atoms with Crippen molar-refractivity contribution >= 4 is 29.0 Å². The number of hydrazone groups is 1. The van der Waals surface area contributed by atoms with Gasteiger partial charge in [-0.05, 0) is 49.1 Å². The number of amidine groups is 1. The molecule has 0 bridgehead atoms. The number of hydrogen-bond donors (Lipinski definition) is 2. The number of hydrogen-bond acceptors (Lipinski definition) is 4. The number of para-hydroxylation sites is 1. The topological polar surface area (TPSA) is 73.8 Å². The average Bonchev–Trinajstić information content (AvgIpc) is 2.78. The van der Waals surface area contributed by atoms with Crippen molar-refractivity contribution in [2.45, 2.75) is 39.5 Å². The van der Waals surface area contributed by atoms with Crippen LogP contribution in [-0.2, 0) is 16.0 Å². The van der Waals surface area contributed by atoms with Crippen molar-refractivity contribution in [2.75, 3.05) is 11.6 Å². The third-order valence-corrected chi connectivity index (χ3v) is 5.25. The zero-order valence-corrected chi connectivity index (χ0v) is 18.2. The summed E-state index contributed by atoms with van der Waals surface area (Å²) in [5.41, 5.74) is 3.81. The molecule has 0 spiro atoms. The smallest absolute Gasteiger partial charge is 0.230 e. The van der Waals surface area contributed by atoms with Crippen molar-refractivity contribution in [3.05, 3.63) is 72.3 Å². The van der Waals surface area contributed by atoms with Gasteiger partial charge in [0.05, 0.1) is 17.3 Å². The molecule has 1 unspecified atom stereocenters. The Labute approximate surface area is 184 Å². The zero-order valence-electron chi connectivity index (χ0n) is 18.2. The highest BCUT2D eigenvalue weighted by atomic mass is 16.2. The van der Waals surface area contributed by atoms with Crippen molar-refractivity contribution in [1.29, 1.82) is 0 Å². The summed E-state index contributed by atoms with van der Waals surface area (Å²) >= 11 is 0. The lowest BCUT2D eigenvalue weighted by Crippen LogP contribution is -2.44. The fraction of sp³-hybridized carbons (Fsp3) is 0.320. The molecular weight excluding hydrogens is 388 g/mol. The van der Waals surface area contributed by atoms with E-state index in [2.05, 4.69) is 41.4 Å². The summed E-state index contributed by atoms with van der Waals surface area (Å²) in [5, 5.41) is 12.1. The fourth-order valence-corrected chi connectivity index (χ4v) is 3.57. The molecule has 2 aromatic carbocycles. The van der Waals surface area contributed by atoms with E-state index in [4.69, 9.17) is 0 Å². The van der Waals surface area contributed by atoms with Crippen LogP contribution in [0.4, 0.5) is 5.69 Å². The first kappa shape index (κ1) is 22.3. The van der Waals surface area contributed by atoms with Crippen LogP contribution in [0.1, 0.15) is 44.2 Å². The van der Waals surface area contributed by atoms with Gasteiger partial charge in [0.1, 0.15) is 5.84 Å². The minimum Gasteiger partial charge on any atom is -0.355 e. The van der Waals surface area contributed by atoms with Gasteiger partial charge in [-0.2, -0.15) is 5.10 Å². The van der Waals surface area contributed by atoms with Gasteiger partial charge in [0.25, 0.3) is 0 Å². The van der Waals surface area contributed by atoms with Crippen LogP contribution in [0.5, 0.6) is 0 Å². The molecule has 3 rings (SSSR count). The SMILES string of the molecule is C=C(c1cccc(CCC)c1)N(/N=C(\C)NC(=O)C1CCC(=O)NC1)c1ccccc1. The van der Waals surface area contributed by atoms with E-state index in [9.17, 15) is 9.59 Å². The molecule has 1 fully saturated rings. The van der Waals surface area contributed by atoms with E-state index in [1.807, 2.05) is 42.5 Å². The summed E-state index contributed by atoms with van der Waals surface area (Å²) in [6.07, 6.45) is 2.99. The highest BCUT2D eigenvalue weighted by Crippen LogP contribution is 2.26. The first-order valence-electron chi connectivity index (χ1n) is 10.7. The minimum absolute atomic E-state index is 0.00806. The normalized spacial score (nSPS) is 16.4. The van der Waals surface area contributed by atoms with Crippen LogP contribution in [0.2, 0.25) is 0 Å². The molecule has 6 nitrogen and oxygen atoms in total. The van der Waals surface area contributed by atoms with E-state index >= 15 is 0 Å². The van der Waals surface area contributed by atoms with E-state index in [1.54, 1.807) is 11.9 Å². The molecule has 2 aromatic rings. The molecular formula is C25H30N4O2. The Hall–Kier alpha value is -3.41. The van der Waals surface area contributed by atoms with Gasteiger partial charge >= 0.3 is 0 Å². The maximum absolute atomic E-state index is 12.6. The number of piperidine rings is 1. The highest BCUT2D eigenvalue weighted by Gasteiger charge is 2.25. The van der Waals surface area contributed by atoms with Crippen molar-refractivity contribution in [1.82, 2.24) is 10.6 Å². The third-order valence-electron chi connectivity index (χ3n) is 5.25. The summed E-state index contributed by atoms with van der Waals surface area (Å²) in [5.74, 6) is 0.0784. The van der Waals surface area contributed by atoms with Crippen LogP contribution in [0.3, 0.4) is 0 Å². The van der Waals surface area contributed by atoms with E-state index in [0.717, 1.165) is 29.8 Å². The van der Waals surface area contributed by atoms with Crippen LogP contribution < -0.4 is 15.6 Å². The van der Waals surface area contributed by atoms with E-state index in [1.165, 1.54) is 5.56 Å². The molecule has 0 radical (unpaired) electrons. The number of carbonyl (C=O) groups is 2. The van der Waals surface area contributed by atoms with Gasteiger partial charge in [-0.15, -0.1) is 0 Å². The van der Waals surface area contributed by atoms with Gasteiger partial charge in [0, 0.05) is 13.0 Å². The summed E-state index contributed by atoms with van der Waals surface area (Å²) in [6.45, 7) is 8.57. The van der Waals surface area contributed by atoms with Crippen molar-refractivity contribution < 1.29 is 9.59 Å². The molecule has 0 saturated carbocycles. The Kier molecular flexibility index (Phi) is 7.60. The second-order valence-corrected chi connectivity index (χ2v) is 7.76. The number of aryl methyl sites for hydroxylation is 1. The Balaban J connectivity index is 1.82. The zero-order chi connectivity index (χ0) is 22.2. The first-order chi connectivity index (χ1) is 15.0. The number of carbonyl (C=O) groups excluding carboxylic acids is 2. The summed E-state index contributed by atoms with van der Waals surface area (Å²) in [6, 6.07) is 18.0. The molecule has 1 saturated heterocycles. The third kappa shape index (κ3) is 6.04. The molecule has 0 aromatic heterocycles. The number of nitrogens with zero attached hydrogens (tertiary/aromatic N) is 2. The number of rotatable bonds is 7. The fourth-order valence-electron chi connectivity index (χ4n) is 3.57. The van der Waals surface area contributed by atoms with Gasteiger partial charge < -0.3 is 10.6 Å². The molecule has 162 valence electrons. The molecule has 31 heavy (non-hydrogen) atoms. The lowest BCUT2D eigenvalue weighted by molar-refractivity contribution is -0.128. The predicted molar refractivity (Wildman–Crippen MR) is 125 cm³/mol. The molecule has 1 atom stereocenters. The van der Waals surface area contributed by atoms with Crippen LogP contribution in [-0.4, -0.2) is 24.2 Å². The standard InChI is InChI=1S/C25H30N4O2/c1-4-9-20-10-8-11-21(16-20)18(2)29(23-12-6-5-7-13-23)28-19(3)27-25(31)22-14-15-24(30)26-17-22/h5-8,10-13,16,22H,2,4,9,14-15,17H2,1,3H3,(H,26,30)(H,27,28,31). The predicted octanol–water partition coefficient (Wildman–Crippen LogP) is 4.09. The second kappa shape index (κ2) is 10.6. The van der Waals surface area contributed by atoms with E-state index in [-0.39, 0.29) is 17.7 Å². The maximum Gasteiger partial charge on any atom is 0.230 e. The Bertz CT molecular complexity index is 958. The number of anilines is 1. The molecule has 0 aliphatic carbocycles. The second-order valence-electron chi connectivity index (χ2n) is 7.76. The van der Waals surface area contributed by atoms with E-state index in [0.29, 0.717) is 25.2 Å². The Morgan fingerprint density at radius 3 is 2.68 bits per heavy atom. The lowest BCUT2D eigenvalue weighted by Gasteiger charge is -2.24. The minimum atomic E-state index is -0.248. The molecule has 1 aliphatic rings. The van der Waals surface area contributed by atoms with Crippen LogP contribution in [0, 0.1) is 5.92 Å². The van der Waals surface area contributed by atoms with Gasteiger partial charge in [-0.25, -0.2) is 5.01 Å². The Morgan fingerprint density at radius 2 is 2.00 bits per heavy atom. The van der Waals surface area contributed by atoms with Gasteiger partial charge in [0.2, 0.25) is 11.8 Å². The maximum atomic E-state index is 12.6. The van der Waals surface area contributed by atoms with Crippen LogP contribution >= 0.6 is 0 Å². The van der Waals surface area contributed by atoms with Crippen molar-refractivity contribution in [2.24, 2.45) is 11.0 Å². The number of amides is 2. The van der Waals surface area contributed by atoms with Gasteiger partial charge in [-0.1, -0.05) is 56.3 Å².